The summed E-state index contributed by atoms with van der Waals surface area (Å²) in [6, 6.07) is 7.60. The van der Waals surface area contributed by atoms with Gasteiger partial charge in [0.25, 0.3) is 0 Å². The average molecular weight is 229 g/mol. The van der Waals surface area contributed by atoms with Crippen molar-refractivity contribution in [1.29, 1.82) is 0 Å². The SMILES string of the molecule is O=C(O)/C=C/c1ccc(Cn2cncn2)cc1. The lowest BCUT2D eigenvalue weighted by atomic mass is 10.1. The first kappa shape index (κ1) is 11.1. The molecule has 0 spiro atoms. The molecule has 0 saturated carbocycles. The third-order valence-electron chi connectivity index (χ3n) is 2.21. The zero-order valence-corrected chi connectivity index (χ0v) is 9.02. The Balaban J connectivity index is 2.05. The van der Waals surface area contributed by atoms with Crippen molar-refractivity contribution >= 4 is 12.0 Å². The van der Waals surface area contributed by atoms with Crippen LogP contribution >= 0.6 is 0 Å². The van der Waals surface area contributed by atoms with E-state index >= 15 is 0 Å². The summed E-state index contributed by atoms with van der Waals surface area (Å²) in [7, 11) is 0. The zero-order chi connectivity index (χ0) is 12.1. The lowest BCUT2D eigenvalue weighted by Crippen LogP contribution is -1.99. The van der Waals surface area contributed by atoms with Crippen molar-refractivity contribution < 1.29 is 9.90 Å². The minimum atomic E-state index is -0.948. The fourth-order valence-electron chi connectivity index (χ4n) is 1.40. The van der Waals surface area contributed by atoms with Gasteiger partial charge in [-0.05, 0) is 17.2 Å². The molecule has 0 amide bonds. The lowest BCUT2D eigenvalue weighted by molar-refractivity contribution is -0.131. The van der Waals surface area contributed by atoms with Crippen LogP contribution in [0.3, 0.4) is 0 Å². The van der Waals surface area contributed by atoms with Gasteiger partial charge in [0.05, 0.1) is 6.54 Å². The number of hydrogen-bond donors (Lipinski definition) is 1. The molecule has 0 aliphatic carbocycles. The topological polar surface area (TPSA) is 68.0 Å². The van der Waals surface area contributed by atoms with Crippen LogP contribution in [-0.2, 0) is 11.3 Å². The highest BCUT2D eigenvalue weighted by Gasteiger charge is 1.95. The van der Waals surface area contributed by atoms with Gasteiger partial charge < -0.3 is 5.11 Å². The fraction of sp³-hybridized carbons (Fsp3) is 0.0833. The van der Waals surface area contributed by atoms with Crippen molar-refractivity contribution in [2.75, 3.05) is 0 Å². The number of aliphatic carboxylic acids is 1. The van der Waals surface area contributed by atoms with Crippen molar-refractivity contribution in [2.45, 2.75) is 6.54 Å². The summed E-state index contributed by atoms with van der Waals surface area (Å²) in [4.78, 5) is 14.2. The molecule has 5 nitrogen and oxygen atoms in total. The Hall–Kier alpha value is -2.43. The van der Waals surface area contributed by atoms with Gasteiger partial charge in [-0.1, -0.05) is 24.3 Å². The Morgan fingerprint density at radius 3 is 2.71 bits per heavy atom. The molecule has 2 rings (SSSR count). The van der Waals surface area contributed by atoms with Gasteiger partial charge in [-0.15, -0.1) is 0 Å². The fourth-order valence-corrected chi connectivity index (χ4v) is 1.40. The molecule has 0 radical (unpaired) electrons. The molecule has 86 valence electrons. The second kappa shape index (κ2) is 5.07. The first-order chi connectivity index (χ1) is 8.24. The molecule has 1 aromatic carbocycles. The van der Waals surface area contributed by atoms with Crippen LogP contribution in [0, 0.1) is 0 Å². The summed E-state index contributed by atoms with van der Waals surface area (Å²) in [6.07, 6.45) is 5.82. The van der Waals surface area contributed by atoms with Gasteiger partial charge >= 0.3 is 5.97 Å². The molecule has 0 aliphatic heterocycles. The van der Waals surface area contributed by atoms with E-state index in [1.54, 1.807) is 17.1 Å². The first-order valence-electron chi connectivity index (χ1n) is 5.06. The number of rotatable bonds is 4. The Bertz CT molecular complexity index is 515. The molecule has 0 bridgehead atoms. The van der Waals surface area contributed by atoms with Crippen molar-refractivity contribution in [3.8, 4) is 0 Å². The maximum atomic E-state index is 10.3. The Labute approximate surface area is 98.0 Å². The summed E-state index contributed by atoms with van der Waals surface area (Å²) in [6.45, 7) is 0.656. The second-order valence-corrected chi connectivity index (χ2v) is 3.51. The van der Waals surface area contributed by atoms with Gasteiger partial charge in [0, 0.05) is 6.08 Å². The predicted molar refractivity (Wildman–Crippen MR) is 62.2 cm³/mol. The van der Waals surface area contributed by atoms with Gasteiger partial charge in [-0.25, -0.2) is 14.5 Å². The second-order valence-electron chi connectivity index (χ2n) is 3.51. The predicted octanol–water partition coefficient (Wildman–Crippen LogP) is 1.42. The van der Waals surface area contributed by atoms with E-state index in [0.717, 1.165) is 17.2 Å². The maximum Gasteiger partial charge on any atom is 0.328 e. The van der Waals surface area contributed by atoms with E-state index in [1.807, 2.05) is 24.3 Å². The Morgan fingerprint density at radius 1 is 1.35 bits per heavy atom. The van der Waals surface area contributed by atoms with Crippen molar-refractivity contribution in [3.05, 3.63) is 54.1 Å². The zero-order valence-electron chi connectivity index (χ0n) is 9.02. The Kier molecular flexibility index (Phi) is 3.30. The number of benzene rings is 1. The van der Waals surface area contributed by atoms with Gasteiger partial charge in [0.15, 0.2) is 0 Å². The highest BCUT2D eigenvalue weighted by molar-refractivity contribution is 5.85. The van der Waals surface area contributed by atoms with E-state index < -0.39 is 5.97 Å². The van der Waals surface area contributed by atoms with Gasteiger partial charge in [-0.3, -0.25) is 0 Å². The summed E-state index contributed by atoms with van der Waals surface area (Å²) in [5, 5.41) is 12.5. The van der Waals surface area contributed by atoms with Crippen molar-refractivity contribution in [3.63, 3.8) is 0 Å². The van der Waals surface area contributed by atoms with Gasteiger partial charge in [-0.2, -0.15) is 5.10 Å². The van der Waals surface area contributed by atoms with Crippen LogP contribution < -0.4 is 0 Å². The van der Waals surface area contributed by atoms with E-state index in [2.05, 4.69) is 10.1 Å². The van der Waals surface area contributed by atoms with E-state index in [4.69, 9.17) is 5.11 Å². The smallest absolute Gasteiger partial charge is 0.328 e. The molecule has 0 fully saturated rings. The number of nitrogens with zero attached hydrogens (tertiary/aromatic N) is 3. The van der Waals surface area contributed by atoms with Crippen LogP contribution in [0.4, 0.5) is 0 Å². The van der Waals surface area contributed by atoms with Crippen LogP contribution in [0.5, 0.6) is 0 Å². The molecule has 0 aliphatic rings. The maximum absolute atomic E-state index is 10.3. The summed E-state index contributed by atoms with van der Waals surface area (Å²) in [5.74, 6) is -0.948. The minimum absolute atomic E-state index is 0.656. The largest absolute Gasteiger partial charge is 0.478 e. The van der Waals surface area contributed by atoms with Crippen LogP contribution in [-0.4, -0.2) is 25.8 Å². The van der Waals surface area contributed by atoms with Gasteiger partial charge in [0.1, 0.15) is 12.7 Å². The van der Waals surface area contributed by atoms with Crippen molar-refractivity contribution in [1.82, 2.24) is 14.8 Å². The van der Waals surface area contributed by atoms with E-state index in [1.165, 1.54) is 6.33 Å². The highest BCUT2D eigenvalue weighted by Crippen LogP contribution is 2.07. The molecule has 1 aromatic heterocycles. The highest BCUT2D eigenvalue weighted by atomic mass is 16.4. The molecule has 17 heavy (non-hydrogen) atoms. The summed E-state index contributed by atoms with van der Waals surface area (Å²) in [5.41, 5.74) is 1.94. The lowest BCUT2D eigenvalue weighted by Gasteiger charge is -2.01. The number of carboxylic acid groups (broad SMARTS) is 1. The van der Waals surface area contributed by atoms with Crippen LogP contribution in [0.1, 0.15) is 11.1 Å². The standard InChI is InChI=1S/C12H11N3O2/c16-12(17)6-5-10-1-3-11(4-2-10)7-15-9-13-8-14-15/h1-6,8-9H,7H2,(H,16,17)/b6-5+. The molecular formula is C12H11N3O2. The van der Waals surface area contributed by atoms with Crippen LogP contribution in [0.15, 0.2) is 43.0 Å². The molecule has 1 heterocycles. The normalized spacial score (nSPS) is 10.8. The number of carbonyl (C=O) groups is 1. The summed E-state index contributed by atoms with van der Waals surface area (Å²) >= 11 is 0. The molecule has 5 heteroatoms. The molecular weight excluding hydrogens is 218 g/mol. The van der Waals surface area contributed by atoms with Crippen molar-refractivity contribution in [2.24, 2.45) is 0 Å². The third kappa shape index (κ3) is 3.27. The van der Waals surface area contributed by atoms with E-state index in [-0.39, 0.29) is 0 Å². The Morgan fingerprint density at radius 2 is 2.12 bits per heavy atom. The molecule has 2 aromatic rings. The van der Waals surface area contributed by atoms with Gasteiger partial charge in [0.2, 0.25) is 0 Å². The monoisotopic (exact) mass is 229 g/mol. The molecule has 1 N–H and O–H groups in total. The molecule has 0 unspecified atom stereocenters. The minimum Gasteiger partial charge on any atom is -0.478 e. The van der Waals surface area contributed by atoms with Crippen LogP contribution in [0.2, 0.25) is 0 Å². The first-order valence-corrected chi connectivity index (χ1v) is 5.06. The summed E-state index contributed by atoms with van der Waals surface area (Å²) < 4.78 is 1.72. The quantitative estimate of drug-likeness (QED) is 0.805. The van der Waals surface area contributed by atoms with E-state index in [9.17, 15) is 4.79 Å². The number of carboxylic acids is 1. The van der Waals surface area contributed by atoms with E-state index in [0.29, 0.717) is 6.54 Å². The number of aromatic nitrogens is 3. The average Bonchev–Trinajstić information content (AvgIpc) is 2.81. The molecule has 0 atom stereocenters. The number of hydrogen-bond acceptors (Lipinski definition) is 3. The molecule has 0 saturated heterocycles. The third-order valence-corrected chi connectivity index (χ3v) is 2.21. The van der Waals surface area contributed by atoms with Crippen LogP contribution in [0.25, 0.3) is 6.08 Å².